The van der Waals surface area contributed by atoms with E-state index >= 15 is 0 Å². The van der Waals surface area contributed by atoms with Crippen LogP contribution in [0.5, 0.6) is 5.75 Å². The number of methoxy groups -OCH3 is 1. The summed E-state index contributed by atoms with van der Waals surface area (Å²) in [6.45, 7) is 2.42. The number of hydrogen-bond acceptors (Lipinski definition) is 6. The number of urea groups is 2. The molecule has 1 atom stereocenters. The first kappa shape index (κ1) is 31.4. The smallest absolute Gasteiger partial charge is 0.326 e. The number of nitrogens with zero attached hydrogens (tertiary/aromatic N) is 2. The normalized spacial score (nSPS) is 11.1. The maximum atomic E-state index is 12.7. The number of rotatable bonds is 13. The van der Waals surface area contributed by atoms with Gasteiger partial charge in [-0.05, 0) is 42.7 Å². The van der Waals surface area contributed by atoms with E-state index in [-0.39, 0.29) is 18.9 Å². The molecule has 0 saturated carbocycles. The van der Waals surface area contributed by atoms with Crippen LogP contribution in [0.3, 0.4) is 0 Å². The topological polar surface area (TPSA) is 178 Å². The molecule has 2 aromatic rings. The number of anilines is 2. The molecule has 2 aromatic carbocycles. The van der Waals surface area contributed by atoms with Crippen molar-refractivity contribution in [3.63, 3.8) is 0 Å². The lowest BCUT2D eigenvalue weighted by atomic mass is 10.1. The Hall–Kier alpha value is -4.81. The average molecular weight is 558 g/mol. The number of ether oxygens (including phenoxy) is 1. The van der Waals surface area contributed by atoms with E-state index in [1.807, 2.05) is 25.1 Å². The summed E-state index contributed by atoms with van der Waals surface area (Å²) in [6.07, 6.45) is -0.256. The Morgan fingerprint density at radius 2 is 1.57 bits per heavy atom. The van der Waals surface area contributed by atoms with Gasteiger partial charge >= 0.3 is 24.0 Å². The minimum absolute atomic E-state index is 0.0777. The van der Waals surface area contributed by atoms with Crippen LogP contribution >= 0.6 is 0 Å². The third-order valence-corrected chi connectivity index (χ3v) is 6.00. The van der Waals surface area contributed by atoms with Crippen LogP contribution in [0.1, 0.15) is 24.0 Å². The molecule has 0 radical (unpaired) electrons. The van der Waals surface area contributed by atoms with Gasteiger partial charge in [-0.15, -0.1) is 0 Å². The number of carbonyl (C=O) groups is 5. The van der Waals surface area contributed by atoms with E-state index in [2.05, 4.69) is 16.0 Å². The second-order valence-corrected chi connectivity index (χ2v) is 9.13. The van der Waals surface area contributed by atoms with Gasteiger partial charge in [0.2, 0.25) is 5.91 Å². The van der Waals surface area contributed by atoms with Gasteiger partial charge in [0.05, 0.1) is 25.6 Å². The van der Waals surface area contributed by atoms with Gasteiger partial charge in [-0.3, -0.25) is 9.59 Å². The molecule has 0 fully saturated rings. The van der Waals surface area contributed by atoms with Crippen molar-refractivity contribution < 1.29 is 38.9 Å². The molecule has 13 nitrogen and oxygen atoms in total. The van der Waals surface area contributed by atoms with Crippen molar-refractivity contribution >= 4 is 41.3 Å². The van der Waals surface area contributed by atoms with Gasteiger partial charge in [0.15, 0.2) is 0 Å². The highest BCUT2D eigenvalue weighted by molar-refractivity contribution is 6.01. The molecule has 5 amide bonds. The highest BCUT2D eigenvalue weighted by Crippen LogP contribution is 2.26. The first-order chi connectivity index (χ1) is 18.9. The second kappa shape index (κ2) is 15.0. The number of carboxylic acid groups (broad SMARTS) is 2. The van der Waals surface area contributed by atoms with E-state index in [4.69, 9.17) is 14.9 Å². The van der Waals surface area contributed by atoms with Gasteiger partial charge in [0.1, 0.15) is 11.8 Å². The van der Waals surface area contributed by atoms with Crippen LogP contribution in [0, 0.1) is 6.92 Å². The predicted octanol–water partition coefficient (Wildman–Crippen LogP) is 2.61. The van der Waals surface area contributed by atoms with Gasteiger partial charge in [-0.2, -0.15) is 0 Å². The Labute approximate surface area is 232 Å². The summed E-state index contributed by atoms with van der Waals surface area (Å²) in [7, 11) is 4.53. The van der Waals surface area contributed by atoms with Crippen molar-refractivity contribution in [2.45, 2.75) is 32.2 Å². The van der Waals surface area contributed by atoms with Crippen LogP contribution in [0.4, 0.5) is 21.0 Å². The number of hydrogen-bond donors (Lipinski definition) is 5. The summed E-state index contributed by atoms with van der Waals surface area (Å²) in [6, 6.07) is 9.71. The number of aliphatic carboxylic acids is 2. The van der Waals surface area contributed by atoms with E-state index < -0.39 is 36.5 Å². The van der Waals surface area contributed by atoms with Gasteiger partial charge < -0.3 is 40.7 Å². The predicted molar refractivity (Wildman–Crippen MR) is 148 cm³/mol. The molecular weight excluding hydrogens is 522 g/mol. The molecule has 0 aliphatic rings. The van der Waals surface area contributed by atoms with Crippen molar-refractivity contribution in [2.75, 3.05) is 44.9 Å². The molecule has 13 heteroatoms. The minimum Gasteiger partial charge on any atom is -0.495 e. The number of para-hydroxylation sites is 1. The van der Waals surface area contributed by atoms with Crippen molar-refractivity contribution in [1.82, 2.24) is 15.1 Å². The largest absolute Gasteiger partial charge is 0.495 e. The fourth-order valence-electron chi connectivity index (χ4n) is 3.65. The maximum Gasteiger partial charge on any atom is 0.326 e. The lowest BCUT2D eigenvalue weighted by molar-refractivity contribution is -0.145. The monoisotopic (exact) mass is 557 g/mol. The van der Waals surface area contributed by atoms with Crippen LogP contribution in [0.25, 0.3) is 0 Å². The fourth-order valence-corrected chi connectivity index (χ4v) is 3.65. The molecule has 2 rings (SSSR count). The van der Waals surface area contributed by atoms with E-state index in [0.717, 1.165) is 5.56 Å². The lowest BCUT2D eigenvalue weighted by Crippen LogP contribution is -2.48. The number of amides is 5. The maximum absolute atomic E-state index is 12.7. The molecule has 216 valence electrons. The minimum atomic E-state index is -1.54. The van der Waals surface area contributed by atoms with Crippen molar-refractivity contribution in [2.24, 2.45) is 0 Å². The van der Waals surface area contributed by atoms with E-state index in [1.165, 1.54) is 24.0 Å². The Kier molecular flexibility index (Phi) is 11.7. The zero-order valence-corrected chi connectivity index (χ0v) is 22.9. The molecule has 0 spiro atoms. The molecule has 0 aliphatic heterocycles. The molecule has 0 saturated heterocycles. The van der Waals surface area contributed by atoms with Gasteiger partial charge in [0.25, 0.3) is 0 Å². The van der Waals surface area contributed by atoms with Crippen LogP contribution in [0.2, 0.25) is 0 Å². The summed E-state index contributed by atoms with van der Waals surface area (Å²) in [5.41, 5.74) is 2.71. The van der Waals surface area contributed by atoms with Gasteiger partial charge in [-0.25, -0.2) is 14.4 Å². The number of likely N-dealkylation sites (N-methyl/N-ethyl adjacent to an activating group) is 1. The van der Waals surface area contributed by atoms with E-state index in [0.29, 0.717) is 35.7 Å². The number of nitrogens with one attached hydrogen (secondary N) is 3. The van der Waals surface area contributed by atoms with Gasteiger partial charge in [0, 0.05) is 32.9 Å². The van der Waals surface area contributed by atoms with Crippen LogP contribution in [0.15, 0.2) is 42.5 Å². The Morgan fingerprint density at radius 1 is 0.925 bits per heavy atom. The number of aryl methyl sites for hydroxylation is 1. The van der Waals surface area contributed by atoms with Crippen LogP contribution < -0.4 is 20.7 Å². The van der Waals surface area contributed by atoms with E-state index in [9.17, 15) is 24.0 Å². The molecule has 0 bridgehead atoms. The highest BCUT2D eigenvalue weighted by atomic mass is 16.5. The van der Waals surface area contributed by atoms with E-state index in [1.54, 1.807) is 31.3 Å². The first-order valence-corrected chi connectivity index (χ1v) is 12.4. The molecule has 5 N–H and O–H groups in total. The summed E-state index contributed by atoms with van der Waals surface area (Å²) in [5.74, 6) is -2.58. The fraction of sp³-hybridized carbons (Fsp3) is 0.370. The summed E-state index contributed by atoms with van der Waals surface area (Å²) >= 11 is 0. The standard InChI is InChI=1S/C27H35N5O8/c1-17-8-5-6-9-19(17)28-26(38)29-20-11-10-18(14-22(20)40-4)15-23(33)31(2)12-7-13-32(3)27(39)30-21(25(36)37)16-24(34)35/h5-6,8-11,14,21H,7,12-13,15-16H2,1-4H3,(H,30,39)(H,34,35)(H,36,37)(H2,28,29,38). The number of carboxylic acids is 2. The second-order valence-electron chi connectivity index (χ2n) is 9.13. The van der Waals surface area contributed by atoms with Crippen LogP contribution in [-0.2, 0) is 20.8 Å². The zero-order valence-electron chi connectivity index (χ0n) is 22.9. The number of benzene rings is 2. The Balaban J connectivity index is 1.86. The molecule has 0 heterocycles. The third kappa shape index (κ3) is 9.82. The van der Waals surface area contributed by atoms with Crippen molar-refractivity contribution in [1.29, 1.82) is 0 Å². The summed E-state index contributed by atoms with van der Waals surface area (Å²) in [5, 5.41) is 25.5. The highest BCUT2D eigenvalue weighted by Gasteiger charge is 2.24. The third-order valence-electron chi connectivity index (χ3n) is 6.00. The van der Waals surface area contributed by atoms with Crippen LogP contribution in [-0.4, -0.2) is 90.3 Å². The molecule has 0 aromatic heterocycles. The molecule has 0 aliphatic carbocycles. The van der Waals surface area contributed by atoms with Gasteiger partial charge in [-0.1, -0.05) is 24.3 Å². The zero-order chi connectivity index (χ0) is 29.8. The SMILES string of the molecule is COc1cc(CC(=O)N(C)CCCN(C)C(=O)NC(CC(=O)O)C(=O)O)ccc1NC(=O)Nc1ccccc1C. The molecule has 40 heavy (non-hydrogen) atoms. The Morgan fingerprint density at radius 3 is 2.20 bits per heavy atom. The average Bonchev–Trinajstić information content (AvgIpc) is 2.89. The number of carbonyl (C=O) groups excluding carboxylic acids is 3. The van der Waals surface area contributed by atoms with Crippen molar-refractivity contribution in [3.05, 3.63) is 53.6 Å². The molecular formula is C27H35N5O8. The summed E-state index contributed by atoms with van der Waals surface area (Å²) < 4.78 is 5.40. The molecule has 1 unspecified atom stereocenters. The quantitative estimate of drug-likeness (QED) is 0.249. The lowest BCUT2D eigenvalue weighted by Gasteiger charge is -2.23. The summed E-state index contributed by atoms with van der Waals surface area (Å²) in [4.78, 5) is 62.0. The first-order valence-electron chi connectivity index (χ1n) is 12.4. The Bertz CT molecular complexity index is 1240. The van der Waals surface area contributed by atoms with Crippen molar-refractivity contribution in [3.8, 4) is 5.75 Å².